The molecule has 1 aromatic carbocycles. The van der Waals surface area contributed by atoms with Gasteiger partial charge in [0.2, 0.25) is 0 Å². The summed E-state index contributed by atoms with van der Waals surface area (Å²) in [7, 11) is -1.40. The molecule has 1 aromatic heterocycles. The summed E-state index contributed by atoms with van der Waals surface area (Å²) in [6, 6.07) is 6.68. The highest BCUT2D eigenvalue weighted by Crippen LogP contribution is 2.52. The van der Waals surface area contributed by atoms with Crippen molar-refractivity contribution >= 4 is 52.5 Å². The average molecular weight is 486 g/mol. The molecule has 2 N–H and O–H groups in total. The molecule has 0 spiro atoms. The fraction of sp³-hybridized carbons (Fsp3) is 0.368. The Bertz CT molecular complexity index is 1050. The molecule has 0 fully saturated rings. The van der Waals surface area contributed by atoms with Gasteiger partial charge in [0, 0.05) is 18.9 Å². The molecular formula is C19H23N2O9PS. The maximum absolute atomic E-state index is 13.2. The predicted octanol–water partition coefficient (Wildman–Crippen LogP) is 3.07. The molecule has 0 radical (unpaired) electrons. The van der Waals surface area contributed by atoms with Gasteiger partial charge in [0.1, 0.15) is 6.54 Å². The van der Waals surface area contributed by atoms with Crippen LogP contribution < -0.4 is 10.6 Å². The molecular weight excluding hydrogens is 463 g/mol. The second-order valence-corrected chi connectivity index (χ2v) is 9.61. The lowest BCUT2D eigenvalue weighted by Crippen LogP contribution is -2.32. The number of benzene rings is 1. The van der Waals surface area contributed by atoms with Crippen LogP contribution in [0.2, 0.25) is 0 Å². The number of rotatable bonds is 10. The minimum Gasteiger partial charge on any atom is -0.465 e. The smallest absolute Gasteiger partial charge is 0.415 e. The number of hydrogen-bond acceptors (Lipinski definition) is 10. The Labute approximate surface area is 187 Å². The summed E-state index contributed by atoms with van der Waals surface area (Å²) >= 11 is 1.28. The third-order valence-corrected chi connectivity index (χ3v) is 7.01. The summed E-state index contributed by atoms with van der Waals surface area (Å²) in [5.74, 6) is -0.963. The zero-order valence-electron chi connectivity index (χ0n) is 17.7. The van der Waals surface area contributed by atoms with Gasteiger partial charge in [-0.2, -0.15) is 0 Å². The van der Waals surface area contributed by atoms with Gasteiger partial charge >= 0.3 is 25.1 Å². The van der Waals surface area contributed by atoms with Crippen LogP contribution >= 0.6 is 18.7 Å². The SMILES string of the molecule is CCOC(=O)CNC(=O)OC(=O)P(=O)(Cc1ccc2sc(C(=O)NC)cc2c1)OCOC. The Hall–Kier alpha value is -2.79. The van der Waals surface area contributed by atoms with E-state index in [0.717, 1.165) is 4.70 Å². The van der Waals surface area contributed by atoms with E-state index in [-0.39, 0.29) is 18.7 Å². The topological polar surface area (TPSA) is 146 Å². The lowest BCUT2D eigenvalue weighted by molar-refractivity contribution is -0.141. The van der Waals surface area contributed by atoms with Crippen molar-refractivity contribution in [2.24, 2.45) is 0 Å². The zero-order valence-corrected chi connectivity index (χ0v) is 19.4. The van der Waals surface area contributed by atoms with Crippen LogP contribution in [0.4, 0.5) is 9.59 Å². The number of carbonyl (C=O) groups excluding carboxylic acids is 4. The highest BCUT2D eigenvalue weighted by Gasteiger charge is 2.37. The molecule has 32 heavy (non-hydrogen) atoms. The van der Waals surface area contributed by atoms with Crippen LogP contribution in [0.5, 0.6) is 0 Å². The van der Waals surface area contributed by atoms with E-state index >= 15 is 0 Å². The molecule has 1 heterocycles. The second-order valence-electron chi connectivity index (χ2n) is 6.24. The predicted molar refractivity (Wildman–Crippen MR) is 116 cm³/mol. The molecule has 2 aromatic rings. The summed E-state index contributed by atoms with van der Waals surface area (Å²) in [5, 5.41) is 5.29. The fourth-order valence-electron chi connectivity index (χ4n) is 2.51. The van der Waals surface area contributed by atoms with Crippen LogP contribution in [0.25, 0.3) is 10.1 Å². The quantitative estimate of drug-likeness (QED) is 0.224. The number of methoxy groups -OCH3 is 1. The maximum Gasteiger partial charge on any atom is 0.415 e. The van der Waals surface area contributed by atoms with Crippen LogP contribution in [0.15, 0.2) is 24.3 Å². The molecule has 2 amide bonds. The second kappa shape index (κ2) is 11.7. The van der Waals surface area contributed by atoms with E-state index in [0.29, 0.717) is 15.8 Å². The number of ether oxygens (including phenoxy) is 3. The van der Waals surface area contributed by atoms with E-state index < -0.39 is 38.5 Å². The number of fused-ring (bicyclic) bond motifs is 1. The number of nitrogens with one attached hydrogen (secondary N) is 2. The first kappa shape index (κ1) is 25.5. The number of alkyl carbamates (subject to hydrolysis) is 1. The molecule has 11 nitrogen and oxygen atoms in total. The molecule has 0 saturated heterocycles. The molecule has 174 valence electrons. The number of esters is 1. The molecule has 1 unspecified atom stereocenters. The van der Waals surface area contributed by atoms with Crippen molar-refractivity contribution < 1.29 is 42.5 Å². The molecule has 0 aliphatic carbocycles. The minimum absolute atomic E-state index is 0.119. The van der Waals surface area contributed by atoms with Gasteiger partial charge in [0.15, 0.2) is 6.79 Å². The summed E-state index contributed by atoms with van der Waals surface area (Å²) < 4.78 is 33.1. The van der Waals surface area contributed by atoms with E-state index in [1.54, 1.807) is 31.2 Å². The van der Waals surface area contributed by atoms with E-state index in [2.05, 4.69) is 14.8 Å². The standard InChI is InChI=1S/C19H23N2O9PS/c1-4-28-16(22)9-21-18(24)30-19(25)31(26,29-11-27-3)10-12-5-6-14-13(7-12)8-15(32-14)17(23)20-2/h5-8H,4,9-11H2,1-3H3,(H,20,23)(H,21,24). The van der Waals surface area contributed by atoms with E-state index in [1.807, 2.05) is 5.32 Å². The van der Waals surface area contributed by atoms with E-state index in [1.165, 1.54) is 25.5 Å². The van der Waals surface area contributed by atoms with Crippen molar-refractivity contribution in [3.8, 4) is 0 Å². The lowest BCUT2D eigenvalue weighted by Gasteiger charge is -2.16. The minimum atomic E-state index is -4.20. The van der Waals surface area contributed by atoms with Crippen molar-refractivity contribution in [3.63, 3.8) is 0 Å². The van der Waals surface area contributed by atoms with Crippen molar-refractivity contribution in [3.05, 3.63) is 34.7 Å². The van der Waals surface area contributed by atoms with Gasteiger partial charge < -0.3 is 24.8 Å². The Kier molecular flexibility index (Phi) is 9.33. The van der Waals surface area contributed by atoms with Gasteiger partial charge in [-0.3, -0.25) is 18.7 Å². The molecule has 13 heteroatoms. The Morgan fingerprint density at radius 1 is 1.16 bits per heavy atom. The highest BCUT2D eigenvalue weighted by molar-refractivity contribution is 7.75. The Morgan fingerprint density at radius 2 is 1.91 bits per heavy atom. The molecule has 1 atom stereocenters. The van der Waals surface area contributed by atoms with Gasteiger partial charge in [0.25, 0.3) is 5.91 Å². The zero-order chi connectivity index (χ0) is 23.7. The van der Waals surface area contributed by atoms with Crippen LogP contribution in [-0.4, -0.2) is 57.8 Å². The molecule has 0 aliphatic heterocycles. The van der Waals surface area contributed by atoms with Crippen LogP contribution in [0.3, 0.4) is 0 Å². The Balaban J connectivity index is 2.16. The monoisotopic (exact) mass is 486 g/mol. The van der Waals surface area contributed by atoms with E-state index in [9.17, 15) is 23.7 Å². The van der Waals surface area contributed by atoms with E-state index in [4.69, 9.17) is 9.26 Å². The average Bonchev–Trinajstić information content (AvgIpc) is 3.19. The number of thiophene rings is 1. The first-order chi connectivity index (χ1) is 15.2. The summed E-state index contributed by atoms with van der Waals surface area (Å²) in [6.07, 6.45) is -1.64. The number of carbonyl (C=O) groups is 4. The largest absolute Gasteiger partial charge is 0.465 e. The number of hydrogen-bond donors (Lipinski definition) is 2. The van der Waals surface area contributed by atoms with Gasteiger partial charge in [-0.15, -0.1) is 11.3 Å². The lowest BCUT2D eigenvalue weighted by atomic mass is 10.2. The van der Waals surface area contributed by atoms with Gasteiger partial charge in [-0.1, -0.05) is 6.07 Å². The van der Waals surface area contributed by atoms with Gasteiger partial charge in [0.05, 0.1) is 17.6 Å². The molecule has 0 bridgehead atoms. The normalized spacial score (nSPS) is 12.6. The first-order valence-corrected chi connectivity index (χ1v) is 12.0. The van der Waals surface area contributed by atoms with Crippen molar-refractivity contribution in [1.29, 1.82) is 0 Å². The van der Waals surface area contributed by atoms with Gasteiger partial charge in [-0.05, 0) is 36.1 Å². The number of amides is 2. The molecule has 0 aliphatic rings. The highest BCUT2D eigenvalue weighted by atomic mass is 32.1. The van der Waals surface area contributed by atoms with Gasteiger partial charge in [-0.25, -0.2) is 9.59 Å². The van der Waals surface area contributed by atoms with Crippen molar-refractivity contribution in [2.75, 3.05) is 34.1 Å². The summed E-state index contributed by atoms with van der Waals surface area (Å²) in [5.41, 5.74) is -0.936. The Morgan fingerprint density at radius 3 is 2.56 bits per heavy atom. The summed E-state index contributed by atoms with van der Waals surface area (Å²) in [4.78, 5) is 47.9. The third-order valence-electron chi connectivity index (χ3n) is 3.94. The maximum atomic E-state index is 13.2. The van der Waals surface area contributed by atoms with Crippen LogP contribution in [0, 0.1) is 0 Å². The molecule has 0 saturated carbocycles. The first-order valence-electron chi connectivity index (χ1n) is 9.35. The fourth-order valence-corrected chi connectivity index (χ4v) is 5.00. The van der Waals surface area contributed by atoms with Crippen molar-refractivity contribution in [2.45, 2.75) is 13.1 Å². The summed E-state index contributed by atoms with van der Waals surface area (Å²) in [6.45, 7) is 0.716. The molecule has 2 rings (SSSR count). The van der Waals surface area contributed by atoms with Crippen LogP contribution in [-0.2, 0) is 34.3 Å². The van der Waals surface area contributed by atoms with Crippen LogP contribution in [0.1, 0.15) is 22.2 Å². The third kappa shape index (κ3) is 6.86. The van der Waals surface area contributed by atoms with Crippen molar-refractivity contribution in [1.82, 2.24) is 10.6 Å².